The fourth-order valence-electron chi connectivity index (χ4n) is 4.30. The number of amides is 1. The number of nitrogens with zero attached hydrogens (tertiary/aromatic N) is 3. The topological polar surface area (TPSA) is 94.1 Å². The molecule has 1 amide bonds. The third kappa shape index (κ3) is 3.91. The lowest BCUT2D eigenvalue weighted by molar-refractivity contribution is 0.0635. The number of rotatable bonds is 3. The molecule has 3 heterocycles. The van der Waals surface area contributed by atoms with Crippen LogP contribution in [0, 0.1) is 18.6 Å². The summed E-state index contributed by atoms with van der Waals surface area (Å²) in [6.45, 7) is 3.09. The molecular weight excluding hydrogens is 428 g/mol. The number of aromatic amines is 1. The van der Waals surface area contributed by atoms with E-state index in [0.29, 0.717) is 53.2 Å². The van der Waals surface area contributed by atoms with Gasteiger partial charge in [0, 0.05) is 31.3 Å². The lowest BCUT2D eigenvalue weighted by Gasteiger charge is -2.37. The Morgan fingerprint density at radius 2 is 1.85 bits per heavy atom. The summed E-state index contributed by atoms with van der Waals surface area (Å²) in [5, 5.41) is 20.5. The van der Waals surface area contributed by atoms with Crippen molar-refractivity contribution in [2.24, 2.45) is 0 Å². The van der Waals surface area contributed by atoms with Crippen LogP contribution < -0.4 is 5.32 Å². The van der Waals surface area contributed by atoms with Crippen molar-refractivity contribution in [3.63, 3.8) is 0 Å². The maximum atomic E-state index is 13.9. The SMILES string of the molecule is Cc1n[nH]c2nc(-c3ccc(O)cc3)cc(C(=O)N3CCNCC3c3cc(F)cc(F)c3)c12. The third-order valence-electron chi connectivity index (χ3n) is 5.88. The van der Waals surface area contributed by atoms with Crippen LogP contribution in [0.2, 0.25) is 0 Å². The predicted octanol–water partition coefficient (Wildman–Crippen LogP) is 3.70. The van der Waals surface area contributed by atoms with Gasteiger partial charge < -0.3 is 15.3 Å². The summed E-state index contributed by atoms with van der Waals surface area (Å²) in [5.41, 5.74) is 3.14. The van der Waals surface area contributed by atoms with E-state index >= 15 is 0 Å². The largest absolute Gasteiger partial charge is 0.508 e. The Balaban J connectivity index is 1.61. The van der Waals surface area contributed by atoms with Gasteiger partial charge in [0.2, 0.25) is 0 Å². The Bertz CT molecular complexity index is 1330. The van der Waals surface area contributed by atoms with Crippen LogP contribution in [0.25, 0.3) is 22.3 Å². The van der Waals surface area contributed by atoms with Gasteiger partial charge >= 0.3 is 0 Å². The molecule has 0 aliphatic carbocycles. The minimum atomic E-state index is -0.686. The number of halogens is 2. The average molecular weight is 449 g/mol. The molecule has 1 saturated heterocycles. The van der Waals surface area contributed by atoms with Gasteiger partial charge in [0.1, 0.15) is 17.4 Å². The molecule has 2 aromatic carbocycles. The molecule has 1 atom stereocenters. The van der Waals surface area contributed by atoms with E-state index in [-0.39, 0.29) is 11.7 Å². The molecule has 0 bridgehead atoms. The summed E-state index contributed by atoms with van der Waals surface area (Å²) in [4.78, 5) is 20.1. The number of carbonyl (C=O) groups excluding carboxylic acids is 1. The summed E-state index contributed by atoms with van der Waals surface area (Å²) in [6, 6.07) is 11.0. The number of carbonyl (C=O) groups is 1. The predicted molar refractivity (Wildman–Crippen MR) is 119 cm³/mol. The molecule has 1 fully saturated rings. The van der Waals surface area contributed by atoms with Crippen molar-refractivity contribution in [1.82, 2.24) is 25.4 Å². The molecule has 4 aromatic rings. The van der Waals surface area contributed by atoms with Gasteiger partial charge in [0.15, 0.2) is 5.65 Å². The molecule has 7 nitrogen and oxygen atoms in total. The third-order valence-corrected chi connectivity index (χ3v) is 5.88. The number of pyridine rings is 1. The van der Waals surface area contributed by atoms with Crippen LogP contribution in [-0.2, 0) is 0 Å². The van der Waals surface area contributed by atoms with E-state index in [0.717, 1.165) is 11.6 Å². The first-order valence-corrected chi connectivity index (χ1v) is 10.5. The number of benzene rings is 2. The van der Waals surface area contributed by atoms with E-state index in [1.165, 1.54) is 12.1 Å². The standard InChI is InChI=1S/C24H21F2N5O2/c1-13-22-19(11-20(28-23(22)30-29-13)14-2-4-18(32)5-3-14)24(33)31-7-6-27-12-21(31)15-8-16(25)10-17(26)9-15/h2-5,8-11,21,27,32H,6-7,12H2,1H3,(H,28,29,30). The van der Waals surface area contributed by atoms with Crippen LogP contribution in [0.3, 0.4) is 0 Å². The molecule has 0 radical (unpaired) electrons. The molecular formula is C24H21F2N5O2. The number of nitrogens with one attached hydrogen (secondary N) is 2. The smallest absolute Gasteiger partial charge is 0.255 e. The van der Waals surface area contributed by atoms with Crippen LogP contribution in [0.1, 0.15) is 27.7 Å². The van der Waals surface area contributed by atoms with Gasteiger partial charge in [-0.3, -0.25) is 9.89 Å². The number of hydrogen-bond acceptors (Lipinski definition) is 5. The first kappa shape index (κ1) is 21.0. The number of phenols is 1. The van der Waals surface area contributed by atoms with Crippen molar-refractivity contribution in [2.45, 2.75) is 13.0 Å². The number of aryl methyl sites for hydroxylation is 1. The summed E-state index contributed by atoms with van der Waals surface area (Å²) >= 11 is 0. The normalized spacial score (nSPS) is 16.3. The van der Waals surface area contributed by atoms with Crippen molar-refractivity contribution in [2.75, 3.05) is 19.6 Å². The van der Waals surface area contributed by atoms with E-state index in [4.69, 9.17) is 0 Å². The van der Waals surface area contributed by atoms with Gasteiger partial charge in [0.25, 0.3) is 5.91 Å². The van der Waals surface area contributed by atoms with Gasteiger partial charge in [-0.25, -0.2) is 13.8 Å². The summed E-state index contributed by atoms with van der Waals surface area (Å²) in [5.74, 6) is -1.52. The summed E-state index contributed by atoms with van der Waals surface area (Å²) < 4.78 is 27.8. The monoisotopic (exact) mass is 449 g/mol. The van der Waals surface area contributed by atoms with Crippen LogP contribution in [0.4, 0.5) is 8.78 Å². The average Bonchev–Trinajstić information content (AvgIpc) is 3.18. The van der Waals surface area contributed by atoms with E-state index in [1.54, 1.807) is 42.2 Å². The van der Waals surface area contributed by atoms with Crippen LogP contribution in [0.15, 0.2) is 48.5 Å². The highest BCUT2D eigenvalue weighted by Gasteiger charge is 2.31. The molecule has 9 heteroatoms. The Morgan fingerprint density at radius 1 is 1.12 bits per heavy atom. The molecule has 33 heavy (non-hydrogen) atoms. The number of hydrogen-bond donors (Lipinski definition) is 3. The van der Waals surface area contributed by atoms with Gasteiger partial charge in [0.05, 0.1) is 28.4 Å². The van der Waals surface area contributed by atoms with Crippen LogP contribution >= 0.6 is 0 Å². The zero-order valence-corrected chi connectivity index (χ0v) is 17.8. The van der Waals surface area contributed by atoms with Crippen molar-refractivity contribution in [3.8, 4) is 17.0 Å². The maximum absolute atomic E-state index is 13.9. The minimum absolute atomic E-state index is 0.125. The summed E-state index contributed by atoms with van der Waals surface area (Å²) in [7, 11) is 0. The van der Waals surface area contributed by atoms with E-state index < -0.39 is 17.7 Å². The quantitative estimate of drug-likeness (QED) is 0.443. The minimum Gasteiger partial charge on any atom is -0.508 e. The second-order valence-corrected chi connectivity index (χ2v) is 8.06. The second kappa shape index (κ2) is 8.25. The highest BCUT2D eigenvalue weighted by Crippen LogP contribution is 2.31. The molecule has 5 rings (SSSR count). The maximum Gasteiger partial charge on any atom is 0.255 e. The second-order valence-electron chi connectivity index (χ2n) is 8.06. The Hall–Kier alpha value is -3.85. The van der Waals surface area contributed by atoms with E-state index in [2.05, 4.69) is 20.5 Å². The van der Waals surface area contributed by atoms with Gasteiger partial charge in [-0.1, -0.05) is 0 Å². The summed E-state index contributed by atoms with van der Waals surface area (Å²) in [6.07, 6.45) is 0. The molecule has 3 N–H and O–H groups in total. The highest BCUT2D eigenvalue weighted by molar-refractivity contribution is 6.07. The highest BCUT2D eigenvalue weighted by atomic mass is 19.1. The Kier molecular flexibility index (Phi) is 5.26. The first-order chi connectivity index (χ1) is 15.9. The van der Waals surface area contributed by atoms with Gasteiger partial charge in [-0.05, 0) is 55.0 Å². The lowest BCUT2D eigenvalue weighted by Crippen LogP contribution is -2.48. The number of H-pyrrole nitrogens is 1. The Labute approximate surface area is 188 Å². The van der Waals surface area contributed by atoms with Gasteiger partial charge in [-0.15, -0.1) is 0 Å². The van der Waals surface area contributed by atoms with Gasteiger partial charge in [-0.2, -0.15) is 5.10 Å². The zero-order chi connectivity index (χ0) is 23.1. The number of aromatic nitrogens is 3. The number of fused-ring (bicyclic) bond motifs is 1. The molecule has 0 saturated carbocycles. The van der Waals surface area contributed by atoms with Crippen molar-refractivity contribution in [1.29, 1.82) is 0 Å². The number of aromatic hydroxyl groups is 1. The van der Waals surface area contributed by atoms with Crippen molar-refractivity contribution < 1.29 is 18.7 Å². The lowest BCUT2D eigenvalue weighted by atomic mass is 9.99. The number of piperazine rings is 1. The zero-order valence-electron chi connectivity index (χ0n) is 17.8. The van der Waals surface area contributed by atoms with Crippen molar-refractivity contribution >= 4 is 16.9 Å². The fourth-order valence-corrected chi connectivity index (χ4v) is 4.30. The van der Waals surface area contributed by atoms with Crippen LogP contribution in [-0.4, -0.2) is 50.7 Å². The number of phenolic OH excluding ortho intramolecular Hbond substituents is 1. The molecule has 168 valence electrons. The first-order valence-electron chi connectivity index (χ1n) is 10.5. The molecule has 1 aliphatic rings. The Morgan fingerprint density at radius 3 is 2.58 bits per heavy atom. The van der Waals surface area contributed by atoms with E-state index in [9.17, 15) is 18.7 Å². The van der Waals surface area contributed by atoms with Crippen molar-refractivity contribution in [3.05, 3.63) is 77.0 Å². The fraction of sp³-hybridized carbons (Fsp3) is 0.208. The molecule has 0 spiro atoms. The van der Waals surface area contributed by atoms with Crippen LogP contribution in [0.5, 0.6) is 5.75 Å². The molecule has 1 unspecified atom stereocenters. The molecule has 2 aromatic heterocycles. The van der Waals surface area contributed by atoms with E-state index in [1.807, 2.05) is 0 Å². The molecule has 1 aliphatic heterocycles.